The van der Waals surface area contributed by atoms with Gasteiger partial charge in [0.1, 0.15) is 0 Å². The predicted molar refractivity (Wildman–Crippen MR) is 30.4 cm³/mol. The highest BCUT2D eigenvalue weighted by Gasteiger charge is 2.29. The van der Waals surface area contributed by atoms with Crippen molar-refractivity contribution in [1.82, 2.24) is 0 Å². The van der Waals surface area contributed by atoms with Crippen LogP contribution in [0, 0.1) is 5.92 Å². The smallest absolute Gasteiger partial charge is 0.158 e. The molecule has 42 valence electrons. The molecule has 0 heterocycles. The van der Waals surface area contributed by atoms with Gasteiger partial charge in [0, 0.05) is 6.42 Å². The highest BCUT2D eigenvalue weighted by Crippen LogP contribution is 2.36. The number of hydrogen-bond donors (Lipinski definition) is 0. The van der Waals surface area contributed by atoms with Gasteiger partial charge in [-0.3, -0.25) is 4.79 Å². The maximum atomic E-state index is 10.8. The van der Waals surface area contributed by atoms with E-state index in [1.165, 1.54) is 0 Å². The van der Waals surface area contributed by atoms with Crippen molar-refractivity contribution in [3.63, 3.8) is 0 Å². The zero-order valence-electron chi connectivity index (χ0n) is 4.68. The molecule has 1 atom stereocenters. The molecule has 0 aliphatic heterocycles. The van der Waals surface area contributed by atoms with E-state index in [1.54, 1.807) is 0 Å². The van der Waals surface area contributed by atoms with Crippen LogP contribution in [-0.2, 0) is 4.79 Å². The Morgan fingerprint density at radius 3 is 2.62 bits per heavy atom. The van der Waals surface area contributed by atoms with Crippen LogP contribution in [0.1, 0.15) is 19.3 Å². The monoisotopic (exact) mass is 108 g/mol. The van der Waals surface area contributed by atoms with Crippen LogP contribution in [0.15, 0.2) is 11.6 Å². The van der Waals surface area contributed by atoms with Gasteiger partial charge >= 0.3 is 0 Å². The summed E-state index contributed by atoms with van der Waals surface area (Å²) in [4.78, 5) is 10.8. The molecular weight excluding hydrogens is 100 g/mol. The van der Waals surface area contributed by atoms with Gasteiger partial charge in [-0.15, -0.1) is 0 Å². The fraction of sp³-hybridized carbons (Fsp3) is 0.571. The van der Waals surface area contributed by atoms with E-state index in [-0.39, 0.29) is 0 Å². The van der Waals surface area contributed by atoms with E-state index in [4.69, 9.17) is 0 Å². The van der Waals surface area contributed by atoms with E-state index < -0.39 is 0 Å². The number of ketones is 1. The molecule has 0 spiro atoms. The van der Waals surface area contributed by atoms with E-state index in [0.717, 1.165) is 30.8 Å². The SMILES string of the molecule is O=C1CCC2C=C1C2. The van der Waals surface area contributed by atoms with Crippen molar-refractivity contribution in [3.8, 4) is 0 Å². The van der Waals surface area contributed by atoms with Gasteiger partial charge < -0.3 is 0 Å². The minimum absolute atomic E-state index is 0.396. The van der Waals surface area contributed by atoms with Crippen LogP contribution in [-0.4, -0.2) is 5.78 Å². The summed E-state index contributed by atoms with van der Waals surface area (Å²) in [6, 6.07) is 0. The molecule has 0 amide bonds. The van der Waals surface area contributed by atoms with Crippen molar-refractivity contribution in [3.05, 3.63) is 11.6 Å². The van der Waals surface area contributed by atoms with Crippen molar-refractivity contribution in [2.75, 3.05) is 0 Å². The average Bonchev–Trinajstić information content (AvgIpc) is 1.62. The predicted octanol–water partition coefficient (Wildman–Crippen LogP) is 1.30. The third-order valence-corrected chi connectivity index (χ3v) is 2.02. The van der Waals surface area contributed by atoms with Crippen molar-refractivity contribution >= 4 is 5.78 Å². The molecule has 3 aliphatic carbocycles. The topological polar surface area (TPSA) is 17.1 Å². The van der Waals surface area contributed by atoms with E-state index in [9.17, 15) is 4.79 Å². The maximum absolute atomic E-state index is 10.8. The Hall–Kier alpha value is -0.590. The highest BCUT2D eigenvalue weighted by atomic mass is 16.1. The third kappa shape index (κ3) is 0.391. The number of carbonyl (C=O) groups excluding carboxylic acids is 1. The molecule has 1 unspecified atom stereocenters. The lowest BCUT2D eigenvalue weighted by Crippen LogP contribution is -2.24. The fourth-order valence-corrected chi connectivity index (χ4v) is 1.40. The zero-order chi connectivity index (χ0) is 5.56. The molecule has 1 fully saturated rings. The summed E-state index contributed by atoms with van der Waals surface area (Å²) in [6.07, 6.45) is 5.13. The second kappa shape index (κ2) is 1.22. The third-order valence-electron chi connectivity index (χ3n) is 2.02. The second-order valence-electron chi connectivity index (χ2n) is 2.62. The Morgan fingerprint density at radius 2 is 2.38 bits per heavy atom. The first-order valence-corrected chi connectivity index (χ1v) is 3.10. The molecule has 8 heavy (non-hydrogen) atoms. The first-order valence-electron chi connectivity index (χ1n) is 3.10. The maximum Gasteiger partial charge on any atom is 0.158 e. The van der Waals surface area contributed by atoms with Gasteiger partial charge in [0.15, 0.2) is 5.78 Å². The molecule has 3 rings (SSSR count). The Morgan fingerprint density at radius 1 is 1.62 bits per heavy atom. The molecule has 0 aromatic carbocycles. The van der Waals surface area contributed by atoms with E-state index in [0.29, 0.717) is 5.78 Å². The molecule has 1 heteroatoms. The number of rotatable bonds is 0. The number of hydrogen-bond acceptors (Lipinski definition) is 1. The molecule has 1 nitrogen and oxygen atoms in total. The lowest BCUT2D eigenvalue weighted by Gasteiger charge is -2.29. The Balaban J connectivity index is 2.32. The molecular formula is C7H8O. The van der Waals surface area contributed by atoms with Crippen LogP contribution >= 0.6 is 0 Å². The van der Waals surface area contributed by atoms with E-state index in [2.05, 4.69) is 6.08 Å². The minimum Gasteiger partial charge on any atom is -0.295 e. The van der Waals surface area contributed by atoms with Gasteiger partial charge in [-0.2, -0.15) is 0 Å². The van der Waals surface area contributed by atoms with Gasteiger partial charge in [-0.05, 0) is 24.3 Å². The van der Waals surface area contributed by atoms with Gasteiger partial charge in [-0.1, -0.05) is 6.08 Å². The number of Topliss-reactive ketones (excluding diaryl/α,β-unsaturated/α-hetero) is 1. The first kappa shape index (κ1) is 4.30. The number of carbonyl (C=O) groups is 1. The Kier molecular flexibility index (Phi) is 0.655. The Labute approximate surface area is 48.4 Å². The van der Waals surface area contributed by atoms with Crippen LogP contribution < -0.4 is 0 Å². The summed E-state index contributed by atoms with van der Waals surface area (Å²) in [6.45, 7) is 0. The molecule has 0 radical (unpaired) electrons. The number of fused-ring (bicyclic) bond motifs is 2. The fourth-order valence-electron chi connectivity index (χ4n) is 1.40. The van der Waals surface area contributed by atoms with Gasteiger partial charge in [0.2, 0.25) is 0 Å². The molecule has 0 saturated heterocycles. The summed E-state index contributed by atoms with van der Waals surface area (Å²) in [5.74, 6) is 1.18. The van der Waals surface area contributed by atoms with Crippen molar-refractivity contribution in [2.45, 2.75) is 19.3 Å². The van der Waals surface area contributed by atoms with E-state index >= 15 is 0 Å². The summed E-state index contributed by atoms with van der Waals surface area (Å²) < 4.78 is 0. The molecule has 0 N–H and O–H groups in total. The van der Waals surface area contributed by atoms with Gasteiger partial charge in [-0.25, -0.2) is 0 Å². The average molecular weight is 108 g/mol. The van der Waals surface area contributed by atoms with Crippen LogP contribution in [0.3, 0.4) is 0 Å². The Bertz CT molecular complexity index is 167. The van der Waals surface area contributed by atoms with Crippen molar-refractivity contribution in [1.29, 1.82) is 0 Å². The van der Waals surface area contributed by atoms with Crippen LogP contribution in [0.5, 0.6) is 0 Å². The summed E-state index contributed by atoms with van der Waals surface area (Å²) in [7, 11) is 0. The van der Waals surface area contributed by atoms with Crippen molar-refractivity contribution < 1.29 is 4.79 Å². The van der Waals surface area contributed by atoms with E-state index in [1.807, 2.05) is 0 Å². The lowest BCUT2D eigenvalue weighted by molar-refractivity contribution is -0.117. The van der Waals surface area contributed by atoms with Crippen LogP contribution in [0.2, 0.25) is 0 Å². The summed E-state index contributed by atoms with van der Waals surface area (Å²) in [5.41, 5.74) is 1.10. The van der Waals surface area contributed by atoms with Gasteiger partial charge in [0.05, 0.1) is 0 Å². The lowest BCUT2D eigenvalue weighted by atomic mass is 9.74. The first-order chi connectivity index (χ1) is 3.86. The molecule has 0 aromatic heterocycles. The normalized spacial score (nSPS) is 33.8. The minimum atomic E-state index is 0.396. The molecule has 1 saturated carbocycles. The standard InChI is InChI=1S/C7H8O/c8-7-2-1-5-3-6(7)4-5/h3,5H,1-2,4H2. The van der Waals surface area contributed by atoms with Crippen LogP contribution in [0.25, 0.3) is 0 Å². The quantitative estimate of drug-likeness (QED) is 0.457. The molecule has 2 bridgehead atoms. The zero-order valence-corrected chi connectivity index (χ0v) is 4.68. The molecule has 0 aromatic rings. The largest absolute Gasteiger partial charge is 0.295 e. The summed E-state index contributed by atoms with van der Waals surface area (Å²) >= 11 is 0. The summed E-state index contributed by atoms with van der Waals surface area (Å²) in [5, 5.41) is 0. The number of allylic oxidation sites excluding steroid dienone is 2. The van der Waals surface area contributed by atoms with Crippen LogP contribution in [0.4, 0.5) is 0 Å². The van der Waals surface area contributed by atoms with Gasteiger partial charge in [0.25, 0.3) is 0 Å². The second-order valence-corrected chi connectivity index (χ2v) is 2.62. The highest BCUT2D eigenvalue weighted by molar-refractivity contribution is 5.98. The molecule has 3 aliphatic rings. The van der Waals surface area contributed by atoms with Crippen molar-refractivity contribution in [2.24, 2.45) is 5.92 Å².